The van der Waals surface area contributed by atoms with E-state index in [1.54, 1.807) is 0 Å². The number of hydrogen-bond donors (Lipinski definition) is 23. The van der Waals surface area contributed by atoms with E-state index in [0.717, 1.165) is 171 Å². The fraction of sp³-hybridized carbons (Fsp3) is 0.719. The van der Waals surface area contributed by atoms with E-state index < -0.39 is 95.4 Å². The summed E-state index contributed by atoms with van der Waals surface area (Å²) in [5, 5.41) is 68.6. The zero-order chi connectivity index (χ0) is 103. The quantitative estimate of drug-likeness (QED) is 0.0254. The van der Waals surface area contributed by atoms with E-state index in [1.807, 2.05) is 6.92 Å². The molecule has 8 rings (SSSR count). The number of amides is 19. The van der Waals surface area contributed by atoms with Gasteiger partial charge in [0.05, 0.1) is 68.8 Å². The van der Waals surface area contributed by atoms with E-state index in [9.17, 15) is 71.9 Å². The largest absolute Gasteiger partial charge is 0.379 e. The van der Waals surface area contributed by atoms with Crippen molar-refractivity contribution in [1.29, 1.82) is 0 Å². The van der Waals surface area contributed by atoms with Gasteiger partial charge in [-0.2, -0.15) is 0 Å². The lowest BCUT2D eigenvalue weighted by molar-refractivity contribution is -0.132. The zero-order valence-electron chi connectivity index (χ0n) is 84.7. The van der Waals surface area contributed by atoms with Crippen LogP contribution in [-0.4, -0.2) is 282 Å². The van der Waals surface area contributed by atoms with Crippen LogP contribution >= 0.6 is 45.3 Å². The highest BCUT2D eigenvalue weighted by Gasteiger charge is 2.32. The maximum absolute atomic E-state index is 14.6. The highest BCUT2D eigenvalue weighted by atomic mass is 32.1. The normalized spacial score (nSPS) is 15.6. The minimum atomic E-state index is -1.16. The molecule has 3 unspecified atom stereocenters. The monoisotopic (exact) mass is 2090 g/mol. The minimum Gasteiger partial charge on any atom is -0.379 e. The third-order valence-corrected chi connectivity index (χ3v) is 28.5. The number of ether oxygens (including phenoxy) is 2. The average Bonchev–Trinajstić information content (AvgIpc) is 1.70. The maximum Gasteiger partial charge on any atom is 0.315 e. The Labute approximate surface area is 861 Å². The number of carbonyl (C=O) groups is 15. The Kier molecular flexibility index (Phi) is 57.4. The lowest BCUT2D eigenvalue weighted by atomic mass is 9.98. The first-order valence-corrected chi connectivity index (χ1v) is 55.4. The van der Waals surface area contributed by atoms with Crippen LogP contribution in [0.25, 0.3) is 0 Å². The van der Waals surface area contributed by atoms with Crippen LogP contribution in [0.2, 0.25) is 0 Å². The number of unbranched alkanes of at least 4 members (excludes halogenated alkanes) is 7. The molecule has 44 nitrogen and oxygen atoms in total. The van der Waals surface area contributed by atoms with Crippen molar-refractivity contribution in [2.75, 3.05) is 152 Å². The Morgan fingerprint density at radius 3 is 0.861 bits per heavy atom. The van der Waals surface area contributed by atoms with Crippen LogP contribution in [0.3, 0.4) is 0 Å². The number of nitrogens with one attached hydrogen (secondary N) is 23. The summed E-state index contributed by atoms with van der Waals surface area (Å²) in [5.74, 6) is -4.71. The van der Waals surface area contributed by atoms with E-state index >= 15 is 0 Å². The van der Waals surface area contributed by atoms with Gasteiger partial charge in [0.25, 0.3) is 0 Å². The van der Waals surface area contributed by atoms with Gasteiger partial charge >= 0.3 is 24.1 Å². The maximum atomic E-state index is 14.6. The Morgan fingerprint density at radius 2 is 0.549 bits per heavy atom. The average molecular weight is 2090 g/mol. The van der Waals surface area contributed by atoms with Crippen molar-refractivity contribution in [1.82, 2.24) is 121 Å². The fourth-order valence-corrected chi connectivity index (χ4v) is 21.0. The van der Waals surface area contributed by atoms with Gasteiger partial charge in [0.1, 0.15) is 18.1 Å². The summed E-state index contributed by atoms with van der Waals surface area (Å²) < 4.78 is 11.0. The first-order valence-electron chi connectivity index (χ1n) is 52.1. The molecular weight excluding hydrogens is 1930 g/mol. The Bertz CT molecular complexity index is 4650. The van der Waals surface area contributed by atoms with Crippen LogP contribution in [0, 0.1) is 0 Å². The molecule has 0 aromatic carbocycles. The van der Waals surface area contributed by atoms with Crippen molar-refractivity contribution in [3.8, 4) is 0 Å². The molecule has 4 aromatic heterocycles. The third kappa shape index (κ3) is 48.7. The number of aromatic nitrogens is 4. The number of rotatable bonds is 72. The standard InChI is InChI=1S/C96H159N27O17S4/c1-6-40-97-63-32-36-67-74(55-63)141-93(116-67)120-82(128)59-109-89(135)105-47-21-14-28-78(124)101-44-18-11-25-71(113-80(126)30-16-23-49-107-91(137)111-61-84(130)122-95-118-69-38-34-65(99-42-8-3)57-76(69)143-95)86(132)103-46-20-13-26-72(87(133)104-51-52-140-54-53-139-10-5)115-88(134)73(114-81(127)31-17-24-50-108-92(138)112-62-85(131)123-96-119-70-39-35-66(100-43-9-4)58-77(70)144-96)27-12-19-45-102-79(125)29-15-22-48-106-90(136)110-60-83(129)121-94-117-68-37-33-64(98-41-7-2)56-75(68)142-94/h63-66,71-73,97-100H,6-62H2,1-5H3,(H,101,124)(H,102,125)(H,103,132)(H,104,133)(H,113,126)(H,114,127)(H,115,134)(H2,105,109,135)(H2,106,110,136)(H2,107,111,137)(H2,108,112,138)(H,116,120,128)(H,117,121,129)(H,118,122,130)(H,119,123,131)/t63-,64-,65-,66-,71?,72?,73?/m0/s1. The molecule has 19 amide bonds. The molecule has 0 fully saturated rings. The van der Waals surface area contributed by atoms with Gasteiger partial charge in [-0.15, -0.1) is 45.3 Å². The second-order valence-electron chi connectivity index (χ2n) is 36.5. The first-order chi connectivity index (χ1) is 69.8. The number of thiazole rings is 4. The third-order valence-electron chi connectivity index (χ3n) is 24.3. The molecule has 4 heterocycles. The molecule has 0 bridgehead atoms. The molecule has 23 N–H and O–H groups in total. The highest BCUT2D eigenvalue weighted by molar-refractivity contribution is 7.17. The fourth-order valence-electron chi connectivity index (χ4n) is 16.5. The van der Waals surface area contributed by atoms with Crippen molar-refractivity contribution in [3.63, 3.8) is 0 Å². The number of fused-ring (bicyclic) bond motifs is 4. The summed E-state index contributed by atoms with van der Waals surface area (Å²) in [5.41, 5.74) is 3.95. The molecule has 4 aliphatic rings. The van der Waals surface area contributed by atoms with Gasteiger partial charge in [-0.05, 0) is 245 Å². The van der Waals surface area contributed by atoms with E-state index in [1.165, 1.54) is 45.3 Å². The summed E-state index contributed by atoms with van der Waals surface area (Å²) in [6.07, 6.45) is 20.8. The van der Waals surface area contributed by atoms with Crippen molar-refractivity contribution in [2.45, 2.75) is 314 Å². The van der Waals surface area contributed by atoms with Crippen LogP contribution in [0.1, 0.15) is 263 Å². The van der Waals surface area contributed by atoms with Crippen molar-refractivity contribution < 1.29 is 81.4 Å². The molecule has 0 radical (unpaired) electrons. The first kappa shape index (κ1) is 119. The summed E-state index contributed by atoms with van der Waals surface area (Å²) >= 11 is 5.78. The molecule has 0 spiro atoms. The van der Waals surface area contributed by atoms with Gasteiger partial charge in [-0.3, -0.25) is 52.7 Å². The number of urea groups is 4. The highest BCUT2D eigenvalue weighted by Crippen LogP contribution is 2.34. The second-order valence-corrected chi connectivity index (χ2v) is 40.8. The van der Waals surface area contributed by atoms with Crippen LogP contribution in [0.15, 0.2) is 0 Å². The van der Waals surface area contributed by atoms with E-state index in [2.05, 4.69) is 170 Å². The van der Waals surface area contributed by atoms with Crippen molar-refractivity contribution in [3.05, 3.63) is 42.3 Å². The molecular formula is C96H159N27O17S4. The Hall–Kier alpha value is -10.5. The molecule has 804 valence electrons. The number of aryl methyl sites for hydroxylation is 4. The molecule has 144 heavy (non-hydrogen) atoms. The van der Waals surface area contributed by atoms with Crippen LogP contribution < -0.4 is 122 Å². The summed E-state index contributed by atoms with van der Waals surface area (Å²) in [4.78, 5) is 221. The number of hydrogen-bond acceptors (Lipinski definition) is 29. The predicted molar refractivity (Wildman–Crippen MR) is 557 cm³/mol. The Morgan fingerprint density at radius 1 is 0.278 bits per heavy atom. The lowest BCUT2D eigenvalue weighted by Crippen LogP contribution is -2.54. The van der Waals surface area contributed by atoms with Gasteiger partial charge in [-0.25, -0.2) is 39.1 Å². The molecule has 4 aliphatic carbocycles. The van der Waals surface area contributed by atoms with Gasteiger partial charge in [0.15, 0.2) is 20.5 Å². The number of nitrogens with zero attached hydrogens (tertiary/aromatic N) is 4. The van der Waals surface area contributed by atoms with Gasteiger partial charge in [0, 0.05) is 128 Å². The zero-order valence-corrected chi connectivity index (χ0v) is 88.0. The molecule has 4 aromatic rings. The van der Waals surface area contributed by atoms with Crippen molar-refractivity contribution >= 4 is 155 Å². The van der Waals surface area contributed by atoms with Gasteiger partial charge in [0.2, 0.25) is 65.0 Å². The molecule has 7 atom stereocenters. The molecule has 0 saturated carbocycles. The number of carbonyl (C=O) groups excluding carboxylic acids is 15. The summed E-state index contributed by atoms with van der Waals surface area (Å²) in [6.45, 7) is 15.8. The van der Waals surface area contributed by atoms with Crippen LogP contribution in [0.4, 0.5) is 39.7 Å². The minimum absolute atomic E-state index is 0.00594. The number of anilines is 4. The second kappa shape index (κ2) is 69.6. The Balaban J connectivity index is 0.801. The molecule has 0 aliphatic heterocycles. The van der Waals surface area contributed by atoms with E-state index in [4.69, 9.17) is 9.47 Å². The van der Waals surface area contributed by atoms with E-state index in [-0.39, 0.29) is 155 Å². The molecule has 48 heteroatoms. The van der Waals surface area contributed by atoms with E-state index in [0.29, 0.717) is 141 Å². The van der Waals surface area contributed by atoms with Gasteiger partial charge in [-0.1, -0.05) is 27.7 Å². The topological polar surface area (TPSA) is 603 Å². The van der Waals surface area contributed by atoms with Gasteiger partial charge < -0.3 is 132 Å². The lowest BCUT2D eigenvalue weighted by Gasteiger charge is -2.24. The summed E-state index contributed by atoms with van der Waals surface area (Å²) in [6, 6.07) is -4.05. The van der Waals surface area contributed by atoms with Crippen LogP contribution in [0.5, 0.6) is 0 Å². The SMILES string of the molecule is CCCN[C@H]1CCc2nc(NC(=O)CNC(=O)NCCCCC(=O)NCCCCC(NC(=O)CCCCNC(=O)NCC(=O)Nc3nc4c(s3)C[C@@H](NCCC)CC4)C(=O)NCCCCC(NC(=O)C(CCCCNC(=O)CCCCNC(=O)NCC(=O)Nc3nc4c(s3)C[C@@H](NCCC)CC4)NC(=O)CCCCNC(=O)NCC(=O)Nc3nc4c(s3)C[C@@H](NCCC)CC4)C(=O)NCCOCCOCC)sc2C1. The summed E-state index contributed by atoms with van der Waals surface area (Å²) in [7, 11) is 0. The molecule has 0 saturated heterocycles. The van der Waals surface area contributed by atoms with Crippen molar-refractivity contribution in [2.24, 2.45) is 0 Å². The van der Waals surface area contributed by atoms with Crippen LogP contribution in [-0.2, 0) is 114 Å². The smallest absolute Gasteiger partial charge is 0.315 e. The predicted octanol–water partition coefficient (Wildman–Crippen LogP) is 5.16.